The second-order valence-electron chi connectivity index (χ2n) is 7.69. The van der Waals surface area contributed by atoms with Crippen LogP contribution in [0, 0.1) is 12.8 Å². The lowest BCUT2D eigenvalue weighted by atomic mass is 9.96. The Morgan fingerprint density at radius 2 is 1.89 bits per heavy atom. The van der Waals surface area contributed by atoms with Crippen molar-refractivity contribution in [2.45, 2.75) is 32.7 Å². The Morgan fingerprint density at radius 3 is 2.61 bits per heavy atom. The maximum Gasteiger partial charge on any atom is 0.409 e. The minimum Gasteiger partial charge on any atom is -0.453 e. The van der Waals surface area contributed by atoms with Crippen LogP contribution in [0.4, 0.5) is 4.79 Å². The molecular weight excluding hydrogens is 350 g/mol. The van der Waals surface area contributed by atoms with Crippen LogP contribution in [0.2, 0.25) is 0 Å². The smallest absolute Gasteiger partial charge is 0.409 e. The van der Waals surface area contributed by atoms with Gasteiger partial charge in [0.2, 0.25) is 0 Å². The van der Waals surface area contributed by atoms with Gasteiger partial charge < -0.3 is 14.2 Å². The summed E-state index contributed by atoms with van der Waals surface area (Å²) < 4.78 is 7.25. The number of fused-ring (bicyclic) bond motifs is 1. The molecule has 0 bridgehead atoms. The molecule has 1 saturated heterocycles. The van der Waals surface area contributed by atoms with Gasteiger partial charge in [0.25, 0.3) is 0 Å². The monoisotopic (exact) mass is 377 g/mol. The molecule has 2 aromatic carbocycles. The fourth-order valence-corrected chi connectivity index (χ4v) is 4.09. The molecule has 1 fully saturated rings. The molecule has 1 amide bonds. The lowest BCUT2D eigenvalue weighted by Gasteiger charge is -2.31. The lowest BCUT2D eigenvalue weighted by molar-refractivity contribution is 0.104. The van der Waals surface area contributed by atoms with E-state index in [-0.39, 0.29) is 6.09 Å². The zero-order chi connectivity index (χ0) is 19.5. The van der Waals surface area contributed by atoms with E-state index < -0.39 is 0 Å². The number of hydrogen-bond donors (Lipinski definition) is 0. The van der Waals surface area contributed by atoms with Crippen molar-refractivity contribution in [1.82, 2.24) is 14.5 Å². The third kappa shape index (κ3) is 3.88. The zero-order valence-corrected chi connectivity index (χ0v) is 16.6. The van der Waals surface area contributed by atoms with Crippen molar-refractivity contribution in [1.29, 1.82) is 0 Å². The van der Waals surface area contributed by atoms with Gasteiger partial charge in [-0.3, -0.25) is 0 Å². The van der Waals surface area contributed by atoms with E-state index in [0.29, 0.717) is 5.92 Å². The predicted octanol–water partition coefficient (Wildman–Crippen LogP) is 4.41. The lowest BCUT2D eigenvalue weighted by Crippen LogP contribution is -2.39. The second-order valence-corrected chi connectivity index (χ2v) is 7.69. The first-order valence-electron chi connectivity index (χ1n) is 9.96. The highest BCUT2D eigenvalue weighted by Gasteiger charge is 2.24. The van der Waals surface area contributed by atoms with Crippen LogP contribution in [-0.4, -0.2) is 40.7 Å². The van der Waals surface area contributed by atoms with E-state index in [0.717, 1.165) is 50.2 Å². The number of hydrogen-bond acceptors (Lipinski definition) is 3. The Hall–Kier alpha value is -2.82. The molecule has 0 atom stereocenters. The molecule has 5 nitrogen and oxygen atoms in total. The van der Waals surface area contributed by atoms with Crippen molar-refractivity contribution in [2.75, 3.05) is 20.2 Å². The molecule has 28 heavy (non-hydrogen) atoms. The Labute approximate surface area is 165 Å². The summed E-state index contributed by atoms with van der Waals surface area (Å²) >= 11 is 0. The first kappa shape index (κ1) is 18.5. The fraction of sp³-hybridized carbons (Fsp3) is 0.391. The Balaban J connectivity index is 1.58. The average molecular weight is 377 g/mol. The summed E-state index contributed by atoms with van der Waals surface area (Å²) in [5, 5.41) is 0. The van der Waals surface area contributed by atoms with Gasteiger partial charge in [-0.2, -0.15) is 0 Å². The van der Waals surface area contributed by atoms with E-state index in [1.807, 2.05) is 6.07 Å². The third-order valence-electron chi connectivity index (χ3n) is 5.68. The third-order valence-corrected chi connectivity index (χ3v) is 5.68. The molecule has 1 aliphatic heterocycles. The average Bonchev–Trinajstić information content (AvgIpc) is 3.04. The molecule has 0 radical (unpaired) electrons. The summed E-state index contributed by atoms with van der Waals surface area (Å²) in [5.74, 6) is 1.65. The van der Waals surface area contributed by atoms with Crippen molar-refractivity contribution in [3.63, 3.8) is 0 Å². The number of methoxy groups -OCH3 is 1. The van der Waals surface area contributed by atoms with Gasteiger partial charge in [-0.05, 0) is 48.9 Å². The van der Waals surface area contributed by atoms with Gasteiger partial charge in [-0.15, -0.1) is 0 Å². The van der Waals surface area contributed by atoms with Crippen LogP contribution in [0.1, 0.15) is 29.8 Å². The van der Waals surface area contributed by atoms with Gasteiger partial charge in [0.05, 0.1) is 18.1 Å². The largest absolute Gasteiger partial charge is 0.453 e. The van der Waals surface area contributed by atoms with Gasteiger partial charge in [-0.25, -0.2) is 9.78 Å². The maximum atomic E-state index is 11.7. The number of ether oxygens (including phenoxy) is 1. The van der Waals surface area contributed by atoms with Crippen molar-refractivity contribution in [3.05, 3.63) is 65.5 Å². The van der Waals surface area contributed by atoms with Crippen LogP contribution in [0.3, 0.4) is 0 Å². The normalized spacial score (nSPS) is 15.1. The number of likely N-dealkylation sites (tertiary alicyclic amines) is 1. The number of rotatable bonds is 4. The minimum atomic E-state index is -0.216. The molecule has 4 rings (SSSR count). The van der Waals surface area contributed by atoms with Gasteiger partial charge in [0, 0.05) is 26.1 Å². The molecule has 0 unspecified atom stereocenters. The molecule has 1 aliphatic rings. The summed E-state index contributed by atoms with van der Waals surface area (Å²) in [5.41, 5.74) is 4.77. The van der Waals surface area contributed by atoms with Gasteiger partial charge >= 0.3 is 6.09 Å². The molecule has 1 aromatic heterocycles. The number of aryl methyl sites for hydroxylation is 1. The number of amides is 1. The van der Waals surface area contributed by atoms with E-state index >= 15 is 0 Å². The van der Waals surface area contributed by atoms with Crippen LogP contribution in [0.15, 0.2) is 48.5 Å². The van der Waals surface area contributed by atoms with Crippen molar-refractivity contribution in [2.24, 2.45) is 5.92 Å². The van der Waals surface area contributed by atoms with E-state index in [4.69, 9.17) is 9.72 Å². The highest BCUT2D eigenvalue weighted by molar-refractivity contribution is 5.77. The SMILES string of the molecule is COC(=O)N1CCC(Cn2c(Cc3ccccc3)nc3cc(C)ccc32)CC1. The molecule has 146 valence electrons. The topological polar surface area (TPSA) is 47.4 Å². The van der Waals surface area contributed by atoms with E-state index in [1.54, 1.807) is 4.90 Å². The number of nitrogens with zero attached hydrogens (tertiary/aromatic N) is 3. The van der Waals surface area contributed by atoms with Crippen molar-refractivity contribution in [3.8, 4) is 0 Å². The van der Waals surface area contributed by atoms with Crippen LogP contribution in [0.5, 0.6) is 0 Å². The molecule has 0 N–H and O–H groups in total. The standard InChI is InChI=1S/C23H27N3O2/c1-17-8-9-21-20(14-17)24-22(15-18-6-4-3-5-7-18)26(21)16-19-10-12-25(13-11-19)23(27)28-2/h3-9,14,19H,10-13,15-16H2,1-2H3. The number of piperidine rings is 1. The highest BCUT2D eigenvalue weighted by atomic mass is 16.5. The van der Waals surface area contributed by atoms with Crippen LogP contribution in [0.25, 0.3) is 11.0 Å². The van der Waals surface area contributed by atoms with E-state index in [2.05, 4.69) is 54.0 Å². The first-order valence-corrected chi connectivity index (χ1v) is 9.96. The first-order chi connectivity index (χ1) is 13.6. The van der Waals surface area contributed by atoms with Crippen LogP contribution in [-0.2, 0) is 17.7 Å². The van der Waals surface area contributed by atoms with Crippen molar-refractivity contribution < 1.29 is 9.53 Å². The van der Waals surface area contributed by atoms with E-state index in [9.17, 15) is 4.79 Å². The molecule has 0 saturated carbocycles. The van der Waals surface area contributed by atoms with Crippen LogP contribution >= 0.6 is 0 Å². The van der Waals surface area contributed by atoms with Gasteiger partial charge in [0.1, 0.15) is 5.82 Å². The molecule has 0 aliphatic carbocycles. The van der Waals surface area contributed by atoms with Gasteiger partial charge in [-0.1, -0.05) is 36.4 Å². The number of carbonyl (C=O) groups excluding carboxylic acids is 1. The summed E-state index contributed by atoms with van der Waals surface area (Å²) in [4.78, 5) is 18.5. The molecule has 2 heterocycles. The highest BCUT2D eigenvalue weighted by Crippen LogP contribution is 2.25. The predicted molar refractivity (Wildman–Crippen MR) is 110 cm³/mol. The fourth-order valence-electron chi connectivity index (χ4n) is 4.09. The maximum absolute atomic E-state index is 11.7. The summed E-state index contributed by atoms with van der Waals surface area (Å²) in [7, 11) is 1.45. The number of aromatic nitrogens is 2. The summed E-state index contributed by atoms with van der Waals surface area (Å²) in [6.07, 6.45) is 2.60. The van der Waals surface area contributed by atoms with Gasteiger partial charge in [0.15, 0.2) is 0 Å². The second kappa shape index (κ2) is 8.05. The number of imidazole rings is 1. The number of benzene rings is 2. The van der Waals surface area contributed by atoms with E-state index in [1.165, 1.54) is 23.8 Å². The number of carbonyl (C=O) groups is 1. The quantitative estimate of drug-likeness (QED) is 0.676. The summed E-state index contributed by atoms with van der Waals surface area (Å²) in [6, 6.07) is 17.0. The Bertz CT molecular complexity index is 957. The molecule has 3 aromatic rings. The summed E-state index contributed by atoms with van der Waals surface area (Å²) in [6.45, 7) is 4.57. The zero-order valence-electron chi connectivity index (χ0n) is 16.6. The Morgan fingerprint density at radius 1 is 1.14 bits per heavy atom. The molecule has 5 heteroatoms. The molecule has 0 spiro atoms. The molecular formula is C23H27N3O2. The Kier molecular flexibility index (Phi) is 5.33. The van der Waals surface area contributed by atoms with Crippen molar-refractivity contribution >= 4 is 17.1 Å². The minimum absolute atomic E-state index is 0.216. The van der Waals surface area contributed by atoms with Crippen LogP contribution < -0.4 is 0 Å².